The van der Waals surface area contributed by atoms with E-state index in [2.05, 4.69) is 20.5 Å². The maximum absolute atomic E-state index is 12.2. The number of hydrogen-bond acceptors (Lipinski definition) is 5. The van der Waals surface area contributed by atoms with Crippen LogP contribution in [-0.4, -0.2) is 72.0 Å². The third-order valence-electron chi connectivity index (χ3n) is 5.23. The molecule has 1 saturated heterocycles. The van der Waals surface area contributed by atoms with Gasteiger partial charge in [-0.15, -0.1) is 24.0 Å². The molecule has 1 amide bonds. The summed E-state index contributed by atoms with van der Waals surface area (Å²) in [5.74, 6) is 3.06. The van der Waals surface area contributed by atoms with E-state index >= 15 is 0 Å². The molecule has 1 aliphatic rings. The molecule has 0 atom stereocenters. The molecule has 1 fully saturated rings. The highest BCUT2D eigenvalue weighted by molar-refractivity contribution is 14.0. The Morgan fingerprint density at radius 1 is 1.29 bits per heavy atom. The van der Waals surface area contributed by atoms with Crippen LogP contribution in [0.4, 0.5) is 0 Å². The number of nitrogens with zero attached hydrogens (tertiary/aromatic N) is 4. The number of rotatable bonds is 7. The van der Waals surface area contributed by atoms with Crippen molar-refractivity contribution in [2.24, 2.45) is 10.9 Å². The number of nitrogens with one attached hydrogen (secondary N) is 2. The smallest absolute Gasteiger partial charge is 0.240 e. The first-order valence-corrected chi connectivity index (χ1v) is 11.0. The number of likely N-dealkylation sites (tertiary alicyclic amines) is 1. The van der Waals surface area contributed by atoms with Gasteiger partial charge in [-0.05, 0) is 73.4 Å². The van der Waals surface area contributed by atoms with Crippen LogP contribution in [0.3, 0.4) is 0 Å². The molecule has 9 heteroatoms. The summed E-state index contributed by atoms with van der Waals surface area (Å²) in [4.78, 5) is 25.8. The lowest BCUT2D eigenvalue weighted by atomic mass is 9.97. The van der Waals surface area contributed by atoms with E-state index in [-0.39, 0.29) is 42.0 Å². The Morgan fingerprint density at radius 2 is 1.94 bits per heavy atom. The zero-order chi connectivity index (χ0) is 22.3. The number of piperidine rings is 1. The molecule has 0 unspecified atom stereocenters. The lowest BCUT2D eigenvalue weighted by Crippen LogP contribution is -2.49. The van der Waals surface area contributed by atoms with Crippen LogP contribution in [0.5, 0.6) is 0 Å². The molecule has 1 aromatic heterocycles. The summed E-state index contributed by atoms with van der Waals surface area (Å²) in [5, 5.41) is 6.30. The molecular formula is C22H41IN6O2. The van der Waals surface area contributed by atoms with E-state index < -0.39 is 0 Å². The Labute approximate surface area is 204 Å². The average Bonchev–Trinajstić information content (AvgIpc) is 2.95. The molecule has 0 bridgehead atoms. The molecule has 0 aliphatic carbocycles. The fraction of sp³-hybridized carbons (Fsp3) is 0.773. The number of carbonyl (C=O) groups excluding carboxylic acids is 1. The summed E-state index contributed by atoms with van der Waals surface area (Å²) in [5.41, 5.74) is 0.745. The Hall–Kier alpha value is -1.36. The largest absolute Gasteiger partial charge is 0.444 e. The number of aliphatic imine (C=N–C) groups is 1. The third-order valence-corrected chi connectivity index (χ3v) is 5.23. The van der Waals surface area contributed by atoms with Gasteiger partial charge in [-0.2, -0.15) is 0 Å². The molecule has 31 heavy (non-hydrogen) atoms. The number of amides is 1. The molecule has 0 spiro atoms. The van der Waals surface area contributed by atoms with Gasteiger partial charge in [0, 0.05) is 25.7 Å². The van der Waals surface area contributed by atoms with Crippen LogP contribution >= 0.6 is 24.0 Å². The molecule has 8 nitrogen and oxygen atoms in total. The lowest BCUT2D eigenvalue weighted by molar-refractivity contribution is -0.122. The first kappa shape index (κ1) is 27.7. The van der Waals surface area contributed by atoms with Crippen LogP contribution in [0.2, 0.25) is 0 Å². The normalized spacial score (nSPS) is 16.0. The van der Waals surface area contributed by atoms with E-state index in [9.17, 15) is 4.79 Å². The number of likely N-dealkylation sites (N-methyl/N-ethyl adjacent to an activating group) is 1. The highest BCUT2D eigenvalue weighted by atomic mass is 127. The molecule has 2 N–H and O–H groups in total. The van der Waals surface area contributed by atoms with Gasteiger partial charge in [-0.3, -0.25) is 14.7 Å². The standard InChI is InChI=1S/C22H40N6O2.HI/c1-8-23-21(27(7)14-19(29)26-22(4,5)6)24-13-18-9-11-28(12-10-18)15-20-25-16(2)17(3)30-20;/h18H,8-15H2,1-7H3,(H,23,24)(H,26,29);1H. The van der Waals surface area contributed by atoms with Gasteiger partial charge in [0.2, 0.25) is 11.8 Å². The van der Waals surface area contributed by atoms with Crippen molar-refractivity contribution in [1.29, 1.82) is 0 Å². The van der Waals surface area contributed by atoms with E-state index in [1.54, 1.807) is 0 Å². The summed E-state index contributed by atoms with van der Waals surface area (Å²) in [6.45, 7) is 16.6. The van der Waals surface area contributed by atoms with Crippen molar-refractivity contribution in [2.75, 3.05) is 39.8 Å². The second-order valence-electron chi connectivity index (χ2n) is 9.32. The van der Waals surface area contributed by atoms with Crippen LogP contribution in [0.15, 0.2) is 9.41 Å². The molecule has 1 aliphatic heterocycles. The van der Waals surface area contributed by atoms with Crippen LogP contribution in [0.25, 0.3) is 0 Å². The fourth-order valence-electron chi connectivity index (χ4n) is 3.56. The number of hydrogen-bond donors (Lipinski definition) is 2. The van der Waals surface area contributed by atoms with Crippen molar-refractivity contribution in [3.8, 4) is 0 Å². The van der Waals surface area contributed by atoms with Crippen LogP contribution < -0.4 is 10.6 Å². The minimum atomic E-state index is -0.232. The van der Waals surface area contributed by atoms with Crippen LogP contribution in [-0.2, 0) is 11.3 Å². The zero-order valence-corrected chi connectivity index (χ0v) is 22.6. The molecule has 0 aromatic carbocycles. The summed E-state index contributed by atoms with van der Waals surface area (Å²) < 4.78 is 5.72. The Kier molecular flexibility index (Phi) is 11.3. The van der Waals surface area contributed by atoms with E-state index in [1.165, 1.54) is 0 Å². The highest BCUT2D eigenvalue weighted by Gasteiger charge is 2.22. The number of carbonyl (C=O) groups is 1. The minimum absolute atomic E-state index is 0. The molecule has 2 heterocycles. The van der Waals surface area contributed by atoms with Crippen LogP contribution in [0, 0.1) is 19.8 Å². The predicted octanol–water partition coefficient (Wildman–Crippen LogP) is 2.93. The maximum Gasteiger partial charge on any atom is 0.240 e. The summed E-state index contributed by atoms with van der Waals surface area (Å²) in [6, 6.07) is 0. The maximum atomic E-state index is 12.2. The number of oxazole rings is 1. The molecular weight excluding hydrogens is 507 g/mol. The molecule has 0 saturated carbocycles. The van der Waals surface area contributed by atoms with Crippen LogP contribution in [0.1, 0.15) is 57.9 Å². The second-order valence-corrected chi connectivity index (χ2v) is 9.32. The number of guanidine groups is 1. The average molecular weight is 549 g/mol. The van der Waals surface area contributed by atoms with Gasteiger partial charge in [0.25, 0.3) is 0 Å². The first-order valence-electron chi connectivity index (χ1n) is 11.0. The SMILES string of the molecule is CCNC(=NCC1CCN(Cc2nc(C)c(C)o2)CC1)N(C)CC(=O)NC(C)(C)C.I. The van der Waals surface area contributed by atoms with Gasteiger partial charge < -0.3 is 20.0 Å². The van der Waals surface area contributed by atoms with Crippen molar-refractivity contribution in [3.05, 3.63) is 17.3 Å². The lowest BCUT2D eigenvalue weighted by Gasteiger charge is -2.31. The molecule has 2 rings (SSSR count). The number of aryl methyl sites for hydroxylation is 2. The second kappa shape index (κ2) is 12.6. The van der Waals surface area contributed by atoms with E-state index in [0.29, 0.717) is 5.92 Å². The van der Waals surface area contributed by atoms with Gasteiger partial charge in [0.15, 0.2) is 5.96 Å². The highest BCUT2D eigenvalue weighted by Crippen LogP contribution is 2.20. The first-order chi connectivity index (χ1) is 14.1. The van der Waals surface area contributed by atoms with Gasteiger partial charge in [-0.25, -0.2) is 4.98 Å². The third kappa shape index (κ3) is 9.76. The monoisotopic (exact) mass is 548 g/mol. The quantitative estimate of drug-likeness (QED) is 0.310. The Bertz CT molecular complexity index is 701. The zero-order valence-electron chi connectivity index (χ0n) is 20.2. The Morgan fingerprint density at radius 3 is 2.45 bits per heavy atom. The van der Waals surface area contributed by atoms with Crippen molar-refractivity contribution in [3.63, 3.8) is 0 Å². The fourth-order valence-corrected chi connectivity index (χ4v) is 3.56. The van der Waals surface area contributed by atoms with Gasteiger partial charge in [-0.1, -0.05) is 0 Å². The number of halogens is 1. The summed E-state index contributed by atoms with van der Waals surface area (Å²) >= 11 is 0. The van der Waals surface area contributed by atoms with E-state index in [4.69, 9.17) is 9.41 Å². The van der Waals surface area contributed by atoms with Gasteiger partial charge in [0.05, 0.1) is 18.8 Å². The van der Waals surface area contributed by atoms with Crippen molar-refractivity contribution in [1.82, 2.24) is 25.4 Å². The molecule has 1 aromatic rings. The number of aromatic nitrogens is 1. The van der Waals surface area contributed by atoms with Crippen molar-refractivity contribution >= 4 is 35.8 Å². The molecule has 178 valence electrons. The van der Waals surface area contributed by atoms with E-state index in [1.807, 2.05) is 53.5 Å². The van der Waals surface area contributed by atoms with Gasteiger partial charge in [0.1, 0.15) is 5.76 Å². The minimum Gasteiger partial charge on any atom is -0.444 e. The predicted molar refractivity (Wildman–Crippen MR) is 136 cm³/mol. The summed E-state index contributed by atoms with van der Waals surface area (Å²) in [6.07, 6.45) is 2.21. The van der Waals surface area contributed by atoms with E-state index in [0.717, 1.165) is 68.9 Å². The van der Waals surface area contributed by atoms with Gasteiger partial charge >= 0.3 is 0 Å². The Balaban J connectivity index is 0.00000480. The van der Waals surface area contributed by atoms with Crippen molar-refractivity contribution in [2.45, 2.75) is 66.5 Å². The van der Waals surface area contributed by atoms with Crippen molar-refractivity contribution < 1.29 is 9.21 Å². The molecule has 0 radical (unpaired) electrons. The summed E-state index contributed by atoms with van der Waals surface area (Å²) in [7, 11) is 1.91. The topological polar surface area (TPSA) is 86.0 Å².